The number of esters is 1. The van der Waals surface area contributed by atoms with Gasteiger partial charge in [0.2, 0.25) is 11.8 Å². The van der Waals surface area contributed by atoms with Crippen LogP contribution in [0.5, 0.6) is 0 Å². The number of nitrogens with zero attached hydrogens (tertiary/aromatic N) is 2. The van der Waals surface area contributed by atoms with E-state index in [9.17, 15) is 19.5 Å². The van der Waals surface area contributed by atoms with Gasteiger partial charge >= 0.3 is 5.97 Å². The SMILES string of the molecule is CC(C)N1CC=C[C@]23S[C@H]4C=CCCOC(=O)[C@H]4[C@H]2C(=O)N(CCCO)C3C1=O. The third-order valence-corrected chi connectivity index (χ3v) is 8.08. The van der Waals surface area contributed by atoms with Gasteiger partial charge in [-0.1, -0.05) is 24.3 Å². The molecular weight excluding hydrogens is 392 g/mol. The molecule has 4 heterocycles. The van der Waals surface area contributed by atoms with Crippen LogP contribution in [0.3, 0.4) is 0 Å². The summed E-state index contributed by atoms with van der Waals surface area (Å²) in [4.78, 5) is 43.5. The Morgan fingerprint density at radius 1 is 1.28 bits per heavy atom. The first-order valence-electron chi connectivity index (χ1n) is 10.3. The number of hydrogen-bond acceptors (Lipinski definition) is 6. The number of thioether (sulfide) groups is 1. The van der Waals surface area contributed by atoms with E-state index in [1.54, 1.807) is 21.6 Å². The zero-order valence-corrected chi connectivity index (χ0v) is 17.6. The maximum atomic E-state index is 13.6. The fourth-order valence-electron chi connectivity index (χ4n) is 5.07. The molecule has 0 aromatic rings. The van der Waals surface area contributed by atoms with E-state index in [4.69, 9.17) is 4.74 Å². The fraction of sp³-hybridized carbons (Fsp3) is 0.667. The fourth-order valence-corrected chi connectivity index (χ4v) is 7.07. The second kappa shape index (κ2) is 7.80. The predicted molar refractivity (Wildman–Crippen MR) is 109 cm³/mol. The van der Waals surface area contributed by atoms with Crippen molar-refractivity contribution in [2.75, 3.05) is 26.3 Å². The van der Waals surface area contributed by atoms with Gasteiger partial charge in [0.15, 0.2) is 0 Å². The molecule has 4 aliphatic heterocycles. The number of rotatable bonds is 4. The molecule has 0 aliphatic carbocycles. The van der Waals surface area contributed by atoms with Gasteiger partial charge in [0, 0.05) is 31.0 Å². The summed E-state index contributed by atoms with van der Waals surface area (Å²) in [6, 6.07) is -0.673. The quantitative estimate of drug-likeness (QED) is 0.539. The van der Waals surface area contributed by atoms with E-state index in [-0.39, 0.29) is 35.7 Å². The lowest BCUT2D eigenvalue weighted by atomic mass is 9.78. The number of hydrogen-bond donors (Lipinski definition) is 1. The third kappa shape index (κ3) is 3.11. The highest BCUT2D eigenvalue weighted by molar-refractivity contribution is 8.02. The van der Waals surface area contributed by atoms with Gasteiger partial charge in [0.1, 0.15) is 6.04 Å². The highest BCUT2D eigenvalue weighted by Gasteiger charge is 2.70. The predicted octanol–water partition coefficient (Wildman–Crippen LogP) is 0.976. The Balaban J connectivity index is 1.82. The Kier molecular flexibility index (Phi) is 5.50. The van der Waals surface area contributed by atoms with E-state index >= 15 is 0 Å². The first kappa shape index (κ1) is 20.5. The van der Waals surface area contributed by atoms with E-state index < -0.39 is 22.6 Å². The van der Waals surface area contributed by atoms with Crippen LogP contribution in [0.25, 0.3) is 0 Å². The van der Waals surface area contributed by atoms with Gasteiger partial charge < -0.3 is 19.6 Å². The molecule has 0 aromatic carbocycles. The first-order valence-corrected chi connectivity index (χ1v) is 11.2. The zero-order valence-electron chi connectivity index (χ0n) is 16.8. The summed E-state index contributed by atoms with van der Waals surface area (Å²) < 4.78 is 4.63. The van der Waals surface area contributed by atoms with E-state index in [0.29, 0.717) is 32.5 Å². The van der Waals surface area contributed by atoms with Crippen LogP contribution in [0.4, 0.5) is 0 Å². The normalized spacial score (nSPS) is 36.5. The van der Waals surface area contributed by atoms with E-state index in [1.807, 2.05) is 38.2 Å². The van der Waals surface area contributed by atoms with Gasteiger partial charge in [-0.05, 0) is 26.7 Å². The summed E-state index contributed by atoms with van der Waals surface area (Å²) in [7, 11) is 0. The summed E-state index contributed by atoms with van der Waals surface area (Å²) in [5.74, 6) is -1.86. The first-order chi connectivity index (χ1) is 13.9. The van der Waals surface area contributed by atoms with Gasteiger partial charge in [-0.3, -0.25) is 14.4 Å². The van der Waals surface area contributed by atoms with Crippen molar-refractivity contribution in [2.45, 2.75) is 48.8 Å². The average molecular weight is 421 g/mol. The highest BCUT2D eigenvalue weighted by atomic mass is 32.2. The largest absolute Gasteiger partial charge is 0.465 e. The molecule has 2 fully saturated rings. The molecule has 1 unspecified atom stereocenters. The summed E-state index contributed by atoms with van der Waals surface area (Å²) in [6.45, 7) is 4.96. The minimum atomic E-state index is -0.795. The molecule has 0 bridgehead atoms. The van der Waals surface area contributed by atoms with Crippen LogP contribution in [-0.4, -0.2) is 81.1 Å². The number of aliphatic hydroxyl groups excluding tert-OH is 1. The molecule has 1 N–H and O–H groups in total. The van der Waals surface area contributed by atoms with Gasteiger partial charge in [0.25, 0.3) is 0 Å². The summed E-state index contributed by atoms with van der Waals surface area (Å²) in [5.41, 5.74) is 0. The molecule has 8 heteroatoms. The molecule has 0 aromatic heterocycles. The maximum absolute atomic E-state index is 13.6. The number of cyclic esters (lactones) is 1. The topological polar surface area (TPSA) is 87.2 Å². The van der Waals surface area contributed by atoms with Crippen LogP contribution in [0.2, 0.25) is 0 Å². The van der Waals surface area contributed by atoms with Crippen molar-refractivity contribution in [1.82, 2.24) is 9.80 Å². The van der Waals surface area contributed by atoms with Gasteiger partial charge in [-0.15, -0.1) is 11.8 Å². The van der Waals surface area contributed by atoms with Crippen LogP contribution in [0.1, 0.15) is 26.7 Å². The minimum absolute atomic E-state index is 0.00101. The third-order valence-electron chi connectivity index (χ3n) is 6.33. The Morgan fingerprint density at radius 3 is 2.79 bits per heavy atom. The number of fused-ring (bicyclic) bond motifs is 2. The highest BCUT2D eigenvalue weighted by Crippen LogP contribution is 2.60. The maximum Gasteiger partial charge on any atom is 0.311 e. The molecule has 4 aliphatic rings. The number of aliphatic hydroxyl groups is 1. The van der Waals surface area contributed by atoms with E-state index in [1.165, 1.54) is 0 Å². The molecule has 1 spiro atoms. The number of carbonyl (C=O) groups excluding carboxylic acids is 3. The van der Waals surface area contributed by atoms with Crippen LogP contribution < -0.4 is 0 Å². The Labute approximate surface area is 175 Å². The lowest BCUT2D eigenvalue weighted by Crippen LogP contribution is -2.54. The summed E-state index contributed by atoms with van der Waals surface area (Å²) in [6.07, 6.45) is 9.02. The molecule has 4 rings (SSSR count). The monoisotopic (exact) mass is 420 g/mol. The zero-order chi connectivity index (χ0) is 20.8. The van der Waals surface area contributed by atoms with Crippen molar-refractivity contribution >= 4 is 29.5 Å². The summed E-state index contributed by atoms with van der Waals surface area (Å²) >= 11 is 1.55. The lowest BCUT2D eigenvalue weighted by molar-refractivity contribution is -0.153. The number of amides is 2. The Bertz CT molecular complexity index is 766. The van der Waals surface area contributed by atoms with Crippen molar-refractivity contribution in [1.29, 1.82) is 0 Å². The molecule has 158 valence electrons. The molecule has 0 radical (unpaired) electrons. The van der Waals surface area contributed by atoms with Crippen molar-refractivity contribution in [3.63, 3.8) is 0 Å². The van der Waals surface area contributed by atoms with Crippen LogP contribution in [0, 0.1) is 11.8 Å². The number of likely N-dealkylation sites (tertiary alicyclic amines) is 1. The molecular formula is C21H28N2O5S. The van der Waals surface area contributed by atoms with Crippen molar-refractivity contribution in [3.05, 3.63) is 24.3 Å². The van der Waals surface area contributed by atoms with Crippen molar-refractivity contribution in [3.8, 4) is 0 Å². The second-order valence-electron chi connectivity index (χ2n) is 8.32. The molecule has 0 saturated carbocycles. The van der Waals surface area contributed by atoms with Crippen LogP contribution in [0.15, 0.2) is 24.3 Å². The van der Waals surface area contributed by atoms with E-state index in [0.717, 1.165) is 0 Å². The number of carbonyl (C=O) groups is 3. The Hall–Kier alpha value is -1.80. The average Bonchev–Trinajstić information content (AvgIpc) is 3.04. The van der Waals surface area contributed by atoms with Crippen molar-refractivity contribution < 1.29 is 24.2 Å². The summed E-state index contributed by atoms with van der Waals surface area (Å²) in [5, 5.41) is 9.14. The van der Waals surface area contributed by atoms with Crippen molar-refractivity contribution in [2.24, 2.45) is 11.8 Å². The van der Waals surface area contributed by atoms with Gasteiger partial charge in [-0.2, -0.15) is 0 Å². The minimum Gasteiger partial charge on any atom is -0.465 e. The second-order valence-corrected chi connectivity index (χ2v) is 9.81. The van der Waals surface area contributed by atoms with Crippen LogP contribution >= 0.6 is 11.8 Å². The Morgan fingerprint density at radius 2 is 2.07 bits per heavy atom. The van der Waals surface area contributed by atoms with Gasteiger partial charge in [-0.25, -0.2) is 0 Å². The molecule has 29 heavy (non-hydrogen) atoms. The van der Waals surface area contributed by atoms with E-state index in [2.05, 4.69) is 0 Å². The molecule has 2 saturated heterocycles. The molecule has 2 amide bonds. The standard InChI is InChI=1S/C21H28N2O5S/c1-13(2)22-9-5-8-21-16(15-14(29-21)7-3-4-12-28-20(15)27)18(25)23(10-6-11-24)17(21)19(22)26/h3,5,7-8,13-17,24H,4,6,9-12H2,1-2H3/t14-,15+,16-,17?,21-/m0/s1. The molecule has 5 atom stereocenters. The van der Waals surface area contributed by atoms with Gasteiger partial charge in [0.05, 0.1) is 23.2 Å². The van der Waals surface area contributed by atoms with Crippen LogP contribution in [-0.2, 0) is 19.1 Å². The smallest absolute Gasteiger partial charge is 0.311 e. The number of ether oxygens (including phenoxy) is 1. The molecule has 7 nitrogen and oxygen atoms in total. The lowest BCUT2D eigenvalue weighted by Gasteiger charge is -2.36.